The van der Waals surface area contributed by atoms with Gasteiger partial charge in [-0.1, -0.05) is 24.3 Å². The molecule has 0 saturated carbocycles. The number of benzene rings is 2. The van der Waals surface area contributed by atoms with Gasteiger partial charge in [0.25, 0.3) is 0 Å². The van der Waals surface area contributed by atoms with Crippen LogP contribution >= 0.6 is 0 Å². The Morgan fingerprint density at radius 1 is 0.958 bits per heavy atom. The van der Waals surface area contributed by atoms with E-state index in [1.165, 1.54) is 5.69 Å². The summed E-state index contributed by atoms with van der Waals surface area (Å²) < 4.78 is 0. The molecule has 24 heavy (non-hydrogen) atoms. The molecule has 0 heterocycles. The first kappa shape index (κ1) is 16.2. The van der Waals surface area contributed by atoms with E-state index in [0.717, 1.165) is 41.2 Å². The number of ketones is 1. The number of fused-ring (bicyclic) bond motifs is 1. The maximum absolute atomic E-state index is 12.0. The lowest BCUT2D eigenvalue weighted by atomic mass is 9.94. The number of rotatable bonds is 4. The van der Waals surface area contributed by atoms with Crippen LogP contribution in [-0.2, 0) is 0 Å². The number of anilines is 1. The normalized spacial score (nSPS) is 14.8. The van der Waals surface area contributed by atoms with Crippen molar-refractivity contribution in [2.75, 3.05) is 18.0 Å². The summed E-state index contributed by atoms with van der Waals surface area (Å²) in [6.07, 6.45) is 3.41. The third kappa shape index (κ3) is 3.02. The van der Waals surface area contributed by atoms with Crippen LogP contribution in [0.4, 0.5) is 11.4 Å². The number of allylic oxidation sites excluding steroid dienone is 2. The Labute approximate surface area is 143 Å². The quantitative estimate of drug-likeness (QED) is 0.817. The van der Waals surface area contributed by atoms with Gasteiger partial charge < -0.3 is 4.90 Å². The van der Waals surface area contributed by atoms with E-state index in [9.17, 15) is 4.79 Å². The van der Waals surface area contributed by atoms with Crippen molar-refractivity contribution >= 4 is 22.9 Å². The molecule has 0 aliphatic heterocycles. The Morgan fingerprint density at radius 2 is 1.67 bits per heavy atom. The highest BCUT2D eigenvalue weighted by molar-refractivity contribution is 6.24. The van der Waals surface area contributed by atoms with Crippen molar-refractivity contribution in [1.82, 2.24) is 0 Å². The predicted molar refractivity (Wildman–Crippen MR) is 101 cm³/mol. The van der Waals surface area contributed by atoms with E-state index in [4.69, 9.17) is 4.99 Å². The van der Waals surface area contributed by atoms with E-state index < -0.39 is 0 Å². The number of aryl methyl sites for hydroxylation is 1. The van der Waals surface area contributed by atoms with Crippen molar-refractivity contribution in [3.05, 3.63) is 71.3 Å². The zero-order valence-corrected chi connectivity index (χ0v) is 14.4. The molecule has 1 aliphatic rings. The number of carbonyl (C=O) groups is 1. The summed E-state index contributed by atoms with van der Waals surface area (Å²) in [6, 6.07) is 14.0. The van der Waals surface area contributed by atoms with Crippen LogP contribution in [0.15, 0.2) is 59.6 Å². The summed E-state index contributed by atoms with van der Waals surface area (Å²) in [4.78, 5) is 19.1. The summed E-state index contributed by atoms with van der Waals surface area (Å²) in [5, 5.41) is 0. The van der Waals surface area contributed by atoms with E-state index in [1.54, 1.807) is 6.08 Å². The molecular formula is C21H22N2O. The molecule has 2 aromatic carbocycles. The highest BCUT2D eigenvalue weighted by Gasteiger charge is 2.17. The average Bonchev–Trinajstić information content (AvgIpc) is 2.60. The maximum Gasteiger partial charge on any atom is 0.186 e. The van der Waals surface area contributed by atoms with Crippen molar-refractivity contribution in [3.8, 4) is 0 Å². The molecule has 3 heteroatoms. The lowest BCUT2D eigenvalue weighted by molar-refractivity contribution is 0.104. The molecular weight excluding hydrogens is 296 g/mol. The molecule has 0 unspecified atom stereocenters. The molecule has 122 valence electrons. The van der Waals surface area contributed by atoms with Crippen LogP contribution in [0.3, 0.4) is 0 Å². The van der Waals surface area contributed by atoms with Crippen LogP contribution in [0.2, 0.25) is 0 Å². The fraction of sp³-hybridized carbons (Fsp3) is 0.238. The highest BCUT2D eigenvalue weighted by atomic mass is 16.1. The minimum atomic E-state index is 0.0400. The predicted octanol–water partition coefficient (Wildman–Crippen LogP) is 4.71. The molecule has 0 amide bonds. The van der Waals surface area contributed by atoms with Crippen molar-refractivity contribution in [2.24, 2.45) is 4.99 Å². The van der Waals surface area contributed by atoms with Crippen LogP contribution in [0.1, 0.15) is 35.3 Å². The van der Waals surface area contributed by atoms with Gasteiger partial charge in [-0.3, -0.25) is 4.79 Å². The van der Waals surface area contributed by atoms with Crippen LogP contribution in [0.5, 0.6) is 0 Å². The highest BCUT2D eigenvalue weighted by Crippen LogP contribution is 2.27. The second-order valence-electron chi connectivity index (χ2n) is 5.88. The van der Waals surface area contributed by atoms with Gasteiger partial charge in [-0.05, 0) is 56.7 Å². The van der Waals surface area contributed by atoms with Crippen LogP contribution < -0.4 is 4.90 Å². The number of aliphatic imine (C=N–C) groups is 1. The van der Waals surface area contributed by atoms with Crippen molar-refractivity contribution in [3.63, 3.8) is 0 Å². The van der Waals surface area contributed by atoms with Gasteiger partial charge in [-0.25, -0.2) is 4.99 Å². The Balaban J connectivity index is 2.00. The minimum Gasteiger partial charge on any atom is -0.372 e. The molecule has 3 nitrogen and oxygen atoms in total. The molecule has 0 radical (unpaired) electrons. The minimum absolute atomic E-state index is 0.0400. The number of hydrogen-bond donors (Lipinski definition) is 0. The van der Waals surface area contributed by atoms with Crippen LogP contribution in [0.25, 0.3) is 0 Å². The molecule has 0 aromatic heterocycles. The third-order valence-electron chi connectivity index (χ3n) is 4.41. The Hall–Kier alpha value is -2.68. The van der Waals surface area contributed by atoms with Gasteiger partial charge in [0, 0.05) is 29.9 Å². The van der Waals surface area contributed by atoms with Crippen molar-refractivity contribution in [2.45, 2.75) is 20.8 Å². The first-order chi connectivity index (χ1) is 11.6. The molecule has 1 aliphatic carbocycles. The standard InChI is InChI=1S/C21H22N2O/c1-4-23(5-2)16-10-11-19(15(3)14-16)22-20-12-13-21(24)18-9-7-6-8-17(18)20/h6-14H,4-5H2,1-3H3. The molecule has 0 fully saturated rings. The van der Waals surface area contributed by atoms with Gasteiger partial charge in [0.2, 0.25) is 0 Å². The molecule has 2 aromatic rings. The second-order valence-corrected chi connectivity index (χ2v) is 5.88. The molecule has 0 saturated heterocycles. The SMILES string of the molecule is CCN(CC)c1ccc(N=C2C=CC(=O)c3ccccc32)c(C)c1. The first-order valence-electron chi connectivity index (χ1n) is 8.40. The van der Waals surface area contributed by atoms with E-state index in [-0.39, 0.29) is 5.78 Å². The Kier molecular flexibility index (Phi) is 4.61. The monoisotopic (exact) mass is 318 g/mol. The smallest absolute Gasteiger partial charge is 0.186 e. The summed E-state index contributed by atoms with van der Waals surface area (Å²) in [5.41, 5.74) is 5.75. The van der Waals surface area contributed by atoms with E-state index in [1.807, 2.05) is 30.3 Å². The lowest BCUT2D eigenvalue weighted by Crippen LogP contribution is -2.21. The van der Waals surface area contributed by atoms with Gasteiger partial charge in [0.15, 0.2) is 5.78 Å². The van der Waals surface area contributed by atoms with Crippen LogP contribution in [0, 0.1) is 6.92 Å². The number of nitrogens with zero attached hydrogens (tertiary/aromatic N) is 2. The Bertz CT molecular complexity index is 829. The molecule has 0 N–H and O–H groups in total. The molecule has 3 rings (SSSR count). The zero-order valence-electron chi connectivity index (χ0n) is 14.4. The number of hydrogen-bond acceptors (Lipinski definition) is 3. The average molecular weight is 318 g/mol. The van der Waals surface area contributed by atoms with Gasteiger partial charge in [0.05, 0.1) is 11.4 Å². The summed E-state index contributed by atoms with van der Waals surface area (Å²) in [6.45, 7) is 8.38. The third-order valence-corrected chi connectivity index (χ3v) is 4.41. The lowest BCUT2D eigenvalue weighted by Gasteiger charge is -2.22. The molecule has 0 atom stereocenters. The largest absolute Gasteiger partial charge is 0.372 e. The molecule has 0 bridgehead atoms. The topological polar surface area (TPSA) is 32.7 Å². The fourth-order valence-electron chi connectivity index (χ4n) is 3.03. The number of carbonyl (C=O) groups excluding carboxylic acids is 1. The molecule has 0 spiro atoms. The maximum atomic E-state index is 12.0. The zero-order chi connectivity index (χ0) is 17.1. The first-order valence-corrected chi connectivity index (χ1v) is 8.40. The van der Waals surface area contributed by atoms with Crippen molar-refractivity contribution in [1.29, 1.82) is 0 Å². The summed E-state index contributed by atoms with van der Waals surface area (Å²) in [7, 11) is 0. The van der Waals surface area contributed by atoms with Gasteiger partial charge in [-0.2, -0.15) is 0 Å². The second kappa shape index (κ2) is 6.83. The van der Waals surface area contributed by atoms with E-state index >= 15 is 0 Å². The van der Waals surface area contributed by atoms with Gasteiger partial charge in [0.1, 0.15) is 0 Å². The van der Waals surface area contributed by atoms with Crippen molar-refractivity contribution < 1.29 is 4.79 Å². The van der Waals surface area contributed by atoms with E-state index in [0.29, 0.717) is 0 Å². The Morgan fingerprint density at radius 3 is 2.33 bits per heavy atom. The van der Waals surface area contributed by atoms with E-state index in [2.05, 4.69) is 43.9 Å². The summed E-state index contributed by atoms with van der Waals surface area (Å²) in [5.74, 6) is 0.0400. The van der Waals surface area contributed by atoms with Gasteiger partial charge in [-0.15, -0.1) is 0 Å². The van der Waals surface area contributed by atoms with Gasteiger partial charge >= 0.3 is 0 Å². The fourth-order valence-corrected chi connectivity index (χ4v) is 3.03. The summed E-state index contributed by atoms with van der Waals surface area (Å²) >= 11 is 0. The van der Waals surface area contributed by atoms with Crippen LogP contribution in [-0.4, -0.2) is 24.6 Å².